The minimum Gasteiger partial charge on any atom is -0.548 e. The first-order valence-electron chi connectivity index (χ1n) is 8.94. The zero-order valence-corrected chi connectivity index (χ0v) is 16.0. The van der Waals surface area contributed by atoms with E-state index in [4.69, 9.17) is 8.84 Å². The molecule has 3 heteroatoms. The van der Waals surface area contributed by atoms with Crippen LogP contribution in [0.25, 0.3) is 0 Å². The predicted octanol–water partition coefficient (Wildman–Crippen LogP) is 6.07. The number of allylic oxidation sites excluding steroid dienone is 2. The van der Waals surface area contributed by atoms with Gasteiger partial charge in [0.05, 0.1) is 18.3 Å². The Bertz CT molecular complexity index is 668. The quantitative estimate of drug-likeness (QED) is 0.571. The van der Waals surface area contributed by atoms with E-state index >= 15 is 0 Å². The fourth-order valence-corrected chi connectivity index (χ4v) is 4.60. The predicted molar refractivity (Wildman–Crippen MR) is 102 cm³/mol. The summed E-state index contributed by atoms with van der Waals surface area (Å²) < 4.78 is 11.5. The third kappa shape index (κ3) is 4.21. The number of rotatable bonds is 7. The number of benzene rings is 1. The minimum absolute atomic E-state index is 0.125. The molecule has 0 radical (unpaired) electrons. The van der Waals surface area contributed by atoms with Crippen LogP contribution in [0, 0.1) is 0 Å². The Morgan fingerprint density at radius 3 is 2.58 bits per heavy atom. The van der Waals surface area contributed by atoms with Crippen molar-refractivity contribution in [2.24, 2.45) is 0 Å². The van der Waals surface area contributed by atoms with Crippen LogP contribution in [0.5, 0.6) is 0 Å². The number of furan rings is 1. The maximum absolute atomic E-state index is 6.31. The molecule has 0 N–H and O–H groups in total. The molecule has 2 nitrogen and oxygen atoms in total. The van der Waals surface area contributed by atoms with Crippen molar-refractivity contribution in [2.75, 3.05) is 0 Å². The molecule has 0 aliphatic heterocycles. The Hall–Kier alpha value is -1.74. The SMILES string of the molecule is C[Si](C)(C)OC1=C[C@](CCCc2ccoc2)(c2ccccc2)CC1. The van der Waals surface area contributed by atoms with E-state index in [0.717, 1.165) is 32.1 Å². The average molecular weight is 341 g/mol. The first kappa shape index (κ1) is 17.1. The van der Waals surface area contributed by atoms with Gasteiger partial charge in [0.15, 0.2) is 0 Å². The van der Waals surface area contributed by atoms with Gasteiger partial charge in [0.1, 0.15) is 0 Å². The van der Waals surface area contributed by atoms with Crippen molar-refractivity contribution in [2.45, 2.75) is 57.2 Å². The van der Waals surface area contributed by atoms with Crippen molar-refractivity contribution < 1.29 is 8.84 Å². The van der Waals surface area contributed by atoms with Crippen LogP contribution in [0.15, 0.2) is 65.2 Å². The molecule has 24 heavy (non-hydrogen) atoms. The molecular formula is C21H28O2Si. The van der Waals surface area contributed by atoms with Crippen molar-refractivity contribution in [3.8, 4) is 0 Å². The van der Waals surface area contributed by atoms with Gasteiger partial charge in [-0.05, 0) is 68.6 Å². The molecule has 1 atom stereocenters. The van der Waals surface area contributed by atoms with E-state index in [-0.39, 0.29) is 5.41 Å². The second-order valence-corrected chi connectivity index (χ2v) is 12.3. The first-order valence-corrected chi connectivity index (χ1v) is 12.4. The maximum Gasteiger partial charge on any atom is 0.241 e. The lowest BCUT2D eigenvalue weighted by molar-refractivity contribution is 0.404. The molecular weight excluding hydrogens is 312 g/mol. The summed E-state index contributed by atoms with van der Waals surface area (Å²) in [5.41, 5.74) is 2.84. The van der Waals surface area contributed by atoms with Crippen molar-refractivity contribution in [3.63, 3.8) is 0 Å². The van der Waals surface area contributed by atoms with E-state index in [1.807, 2.05) is 6.26 Å². The Balaban J connectivity index is 1.77. The molecule has 0 bridgehead atoms. The van der Waals surface area contributed by atoms with Gasteiger partial charge in [0, 0.05) is 11.8 Å². The largest absolute Gasteiger partial charge is 0.548 e. The Morgan fingerprint density at radius 1 is 1.12 bits per heavy atom. The molecule has 128 valence electrons. The molecule has 0 amide bonds. The van der Waals surface area contributed by atoms with Gasteiger partial charge in [-0.3, -0.25) is 0 Å². The summed E-state index contributed by atoms with van der Waals surface area (Å²) in [6.45, 7) is 6.78. The highest BCUT2D eigenvalue weighted by Gasteiger charge is 2.36. The second-order valence-electron chi connectivity index (χ2n) is 7.83. The zero-order chi connectivity index (χ0) is 17.0. The summed E-state index contributed by atoms with van der Waals surface area (Å²) in [4.78, 5) is 0. The molecule has 0 saturated heterocycles. The molecule has 2 aromatic rings. The standard InChI is InChI=1S/C21H28O2Si/c1-24(2,3)23-20-11-14-21(16-20,19-9-5-4-6-10-19)13-7-8-18-12-15-22-17-18/h4-6,9-10,12,15-17H,7-8,11,13-14H2,1-3H3/t21-/m1/s1. The van der Waals surface area contributed by atoms with Crippen LogP contribution in [0.1, 0.15) is 36.8 Å². The Labute approximate surface area is 146 Å². The molecule has 0 spiro atoms. The van der Waals surface area contributed by atoms with Gasteiger partial charge in [-0.25, -0.2) is 0 Å². The van der Waals surface area contributed by atoms with Crippen molar-refractivity contribution in [3.05, 3.63) is 71.9 Å². The molecule has 0 fully saturated rings. The third-order valence-corrected chi connectivity index (χ3v) is 5.58. The second kappa shape index (κ2) is 7.02. The first-order chi connectivity index (χ1) is 11.5. The molecule has 3 rings (SSSR count). The normalized spacial score (nSPS) is 20.9. The smallest absolute Gasteiger partial charge is 0.241 e. The summed E-state index contributed by atoms with van der Waals surface area (Å²) in [7, 11) is -1.54. The monoisotopic (exact) mass is 340 g/mol. The van der Waals surface area contributed by atoms with E-state index in [1.165, 1.54) is 16.9 Å². The van der Waals surface area contributed by atoms with E-state index < -0.39 is 8.32 Å². The van der Waals surface area contributed by atoms with Gasteiger partial charge in [-0.15, -0.1) is 0 Å². The zero-order valence-electron chi connectivity index (χ0n) is 15.0. The van der Waals surface area contributed by atoms with Gasteiger partial charge in [0.25, 0.3) is 0 Å². The lowest BCUT2D eigenvalue weighted by Gasteiger charge is -2.28. The van der Waals surface area contributed by atoms with Crippen molar-refractivity contribution >= 4 is 8.32 Å². The lowest BCUT2D eigenvalue weighted by atomic mass is 9.76. The van der Waals surface area contributed by atoms with Crippen LogP contribution in [0.2, 0.25) is 19.6 Å². The summed E-state index contributed by atoms with van der Waals surface area (Å²) in [5.74, 6) is 1.21. The Kier molecular flexibility index (Phi) is 5.00. The molecule has 1 heterocycles. The summed E-state index contributed by atoms with van der Waals surface area (Å²) in [5, 5.41) is 0. The summed E-state index contributed by atoms with van der Waals surface area (Å²) >= 11 is 0. The van der Waals surface area contributed by atoms with Crippen molar-refractivity contribution in [1.82, 2.24) is 0 Å². The molecule has 1 aliphatic rings. The molecule has 1 aromatic carbocycles. The maximum atomic E-state index is 6.31. The van der Waals surface area contributed by atoms with E-state index in [0.29, 0.717) is 0 Å². The van der Waals surface area contributed by atoms with Crippen LogP contribution in [-0.4, -0.2) is 8.32 Å². The summed E-state index contributed by atoms with van der Waals surface area (Å²) in [6.07, 6.45) is 11.6. The highest BCUT2D eigenvalue weighted by molar-refractivity contribution is 6.70. The van der Waals surface area contributed by atoms with Crippen LogP contribution in [-0.2, 0) is 16.3 Å². The van der Waals surface area contributed by atoms with Gasteiger partial charge in [-0.2, -0.15) is 0 Å². The van der Waals surface area contributed by atoms with E-state index in [1.54, 1.807) is 6.26 Å². The fourth-order valence-electron chi connectivity index (χ4n) is 3.65. The van der Waals surface area contributed by atoms with Gasteiger partial charge in [-0.1, -0.05) is 30.3 Å². The topological polar surface area (TPSA) is 22.4 Å². The average Bonchev–Trinajstić information content (AvgIpc) is 3.18. The summed E-state index contributed by atoms with van der Waals surface area (Å²) in [6, 6.07) is 13.0. The highest BCUT2D eigenvalue weighted by atomic mass is 28.4. The number of aryl methyl sites for hydroxylation is 1. The third-order valence-electron chi connectivity index (χ3n) is 4.71. The molecule has 1 aliphatic carbocycles. The van der Waals surface area contributed by atoms with E-state index in [2.05, 4.69) is 62.1 Å². The van der Waals surface area contributed by atoms with Crippen LogP contribution >= 0.6 is 0 Å². The minimum atomic E-state index is -1.54. The number of hydrogen-bond acceptors (Lipinski definition) is 2. The van der Waals surface area contributed by atoms with Crippen LogP contribution in [0.3, 0.4) is 0 Å². The molecule has 0 unspecified atom stereocenters. The molecule has 1 aromatic heterocycles. The van der Waals surface area contributed by atoms with Crippen LogP contribution in [0.4, 0.5) is 0 Å². The van der Waals surface area contributed by atoms with Gasteiger partial charge >= 0.3 is 0 Å². The highest BCUT2D eigenvalue weighted by Crippen LogP contribution is 2.44. The Morgan fingerprint density at radius 2 is 1.92 bits per heavy atom. The van der Waals surface area contributed by atoms with E-state index in [9.17, 15) is 0 Å². The lowest BCUT2D eigenvalue weighted by Crippen LogP contribution is -2.24. The van der Waals surface area contributed by atoms with Gasteiger partial charge in [0.2, 0.25) is 8.32 Å². The van der Waals surface area contributed by atoms with Gasteiger partial charge < -0.3 is 8.84 Å². The van der Waals surface area contributed by atoms with Crippen LogP contribution < -0.4 is 0 Å². The van der Waals surface area contributed by atoms with Crippen molar-refractivity contribution in [1.29, 1.82) is 0 Å². The molecule has 0 saturated carbocycles. The fraction of sp³-hybridized carbons (Fsp3) is 0.429. The number of hydrogen-bond donors (Lipinski definition) is 0.